The maximum absolute atomic E-state index is 13.4. The highest BCUT2D eigenvalue weighted by Crippen LogP contribution is 2.44. The summed E-state index contributed by atoms with van der Waals surface area (Å²) in [4.78, 5) is 12.5. The fourth-order valence-electron chi connectivity index (χ4n) is 4.91. The molecule has 0 radical (unpaired) electrons. The summed E-state index contributed by atoms with van der Waals surface area (Å²) in [6, 6.07) is 5.24. The first-order valence-electron chi connectivity index (χ1n) is 9.22. The molecule has 3 aliphatic rings. The molecule has 136 valence electrons. The van der Waals surface area contributed by atoms with Crippen LogP contribution in [0.15, 0.2) is 23.1 Å². The van der Waals surface area contributed by atoms with E-state index in [0.29, 0.717) is 10.8 Å². The van der Waals surface area contributed by atoms with Crippen molar-refractivity contribution in [3.8, 4) is 0 Å². The average molecular weight is 362 g/mol. The van der Waals surface area contributed by atoms with E-state index in [9.17, 15) is 13.2 Å². The molecule has 1 aromatic carbocycles. The lowest BCUT2D eigenvalue weighted by Crippen LogP contribution is -2.42. The van der Waals surface area contributed by atoms with E-state index in [4.69, 9.17) is 0 Å². The molecule has 1 aromatic rings. The normalized spacial score (nSPS) is 31.5. The van der Waals surface area contributed by atoms with Gasteiger partial charge in [0, 0.05) is 17.8 Å². The third kappa shape index (κ3) is 2.45. The van der Waals surface area contributed by atoms with Crippen LogP contribution in [0.5, 0.6) is 0 Å². The smallest absolute Gasteiger partial charge is 0.243 e. The maximum Gasteiger partial charge on any atom is 0.243 e. The van der Waals surface area contributed by atoms with Crippen LogP contribution in [0.4, 0.5) is 5.69 Å². The zero-order valence-corrected chi connectivity index (χ0v) is 15.9. The molecule has 0 bridgehead atoms. The predicted molar refractivity (Wildman–Crippen MR) is 96.9 cm³/mol. The number of nitrogens with one attached hydrogen (secondary N) is 1. The van der Waals surface area contributed by atoms with Gasteiger partial charge in [-0.1, -0.05) is 12.8 Å². The summed E-state index contributed by atoms with van der Waals surface area (Å²) in [7, 11) is -3.55. The maximum atomic E-state index is 13.4. The van der Waals surface area contributed by atoms with Crippen molar-refractivity contribution in [1.82, 2.24) is 4.31 Å². The van der Waals surface area contributed by atoms with Crippen molar-refractivity contribution in [2.24, 2.45) is 5.92 Å². The summed E-state index contributed by atoms with van der Waals surface area (Å²) < 4.78 is 28.6. The Kier molecular flexibility index (Phi) is 3.78. The summed E-state index contributed by atoms with van der Waals surface area (Å²) in [6.45, 7) is 5.69. The molecule has 0 spiro atoms. The van der Waals surface area contributed by atoms with Gasteiger partial charge < -0.3 is 5.32 Å². The molecule has 0 unspecified atom stereocenters. The Labute approximate surface area is 149 Å². The van der Waals surface area contributed by atoms with Crippen molar-refractivity contribution in [2.75, 3.05) is 5.32 Å². The van der Waals surface area contributed by atoms with Gasteiger partial charge in [-0.3, -0.25) is 4.79 Å². The Morgan fingerprint density at radius 1 is 1.20 bits per heavy atom. The van der Waals surface area contributed by atoms with Crippen molar-refractivity contribution in [1.29, 1.82) is 0 Å². The largest absolute Gasteiger partial charge is 0.325 e. The monoisotopic (exact) mass is 362 g/mol. The topological polar surface area (TPSA) is 66.5 Å². The summed E-state index contributed by atoms with van der Waals surface area (Å²) in [5.41, 5.74) is 0.787. The van der Waals surface area contributed by atoms with Gasteiger partial charge in [-0.15, -0.1) is 0 Å². The molecule has 1 aliphatic carbocycles. The number of carbonyl (C=O) groups is 1. The number of hydrogen-bond donors (Lipinski definition) is 1. The minimum Gasteiger partial charge on any atom is -0.325 e. The molecular weight excluding hydrogens is 336 g/mol. The SMILES string of the molecule is C[C@@H]1C[C@H]2CCCC[C@H]2N1S(=O)(=O)c1ccc2c(c1)C(C)(C)C(=O)N2. The third-order valence-corrected chi connectivity index (χ3v) is 8.37. The van der Waals surface area contributed by atoms with Crippen molar-refractivity contribution >= 4 is 21.6 Å². The molecule has 25 heavy (non-hydrogen) atoms. The number of hydrogen-bond acceptors (Lipinski definition) is 3. The second-order valence-corrected chi connectivity index (χ2v) is 10.2. The van der Waals surface area contributed by atoms with Gasteiger partial charge in [0.25, 0.3) is 0 Å². The van der Waals surface area contributed by atoms with Crippen LogP contribution in [-0.4, -0.2) is 30.7 Å². The number of fused-ring (bicyclic) bond motifs is 2. The van der Waals surface area contributed by atoms with E-state index in [1.54, 1.807) is 22.5 Å². The highest BCUT2D eigenvalue weighted by Gasteiger charge is 2.47. The van der Waals surface area contributed by atoms with E-state index in [1.807, 2.05) is 20.8 Å². The number of nitrogens with zero attached hydrogens (tertiary/aromatic N) is 1. The number of carbonyl (C=O) groups excluding carboxylic acids is 1. The van der Waals surface area contributed by atoms with Gasteiger partial charge in [-0.25, -0.2) is 8.42 Å². The van der Waals surface area contributed by atoms with Gasteiger partial charge in [0.05, 0.1) is 10.3 Å². The van der Waals surface area contributed by atoms with Crippen LogP contribution in [-0.2, 0) is 20.2 Å². The highest BCUT2D eigenvalue weighted by atomic mass is 32.2. The molecule has 1 N–H and O–H groups in total. The first-order valence-corrected chi connectivity index (χ1v) is 10.7. The summed E-state index contributed by atoms with van der Waals surface area (Å²) in [5.74, 6) is 0.409. The minimum atomic E-state index is -3.55. The van der Waals surface area contributed by atoms with Gasteiger partial charge in [0.15, 0.2) is 0 Å². The standard InChI is InChI=1S/C19H26N2O3S/c1-12-10-13-6-4-5-7-17(13)21(12)25(23,24)14-8-9-16-15(11-14)19(2,3)18(22)20-16/h8-9,11-13,17H,4-7,10H2,1-3H3,(H,20,22)/t12-,13-,17-/m1/s1. The van der Waals surface area contributed by atoms with E-state index in [0.717, 1.165) is 36.9 Å². The quantitative estimate of drug-likeness (QED) is 0.878. The number of rotatable bonds is 2. The van der Waals surface area contributed by atoms with E-state index >= 15 is 0 Å². The van der Waals surface area contributed by atoms with Gasteiger partial charge in [-0.2, -0.15) is 4.31 Å². The van der Waals surface area contributed by atoms with Crippen LogP contribution >= 0.6 is 0 Å². The van der Waals surface area contributed by atoms with Crippen molar-refractivity contribution < 1.29 is 13.2 Å². The zero-order chi connectivity index (χ0) is 18.0. The molecule has 3 atom stereocenters. The lowest BCUT2D eigenvalue weighted by atomic mass is 9.85. The number of amides is 1. The van der Waals surface area contributed by atoms with Crippen molar-refractivity contribution in [2.45, 2.75) is 75.3 Å². The Morgan fingerprint density at radius 2 is 1.92 bits per heavy atom. The summed E-state index contributed by atoms with van der Waals surface area (Å²) >= 11 is 0. The van der Waals surface area contributed by atoms with E-state index in [1.165, 1.54) is 6.42 Å². The molecule has 2 heterocycles. The predicted octanol–water partition coefficient (Wildman–Crippen LogP) is 3.26. The molecular formula is C19H26N2O3S. The summed E-state index contributed by atoms with van der Waals surface area (Å²) in [6.07, 6.45) is 5.37. The minimum absolute atomic E-state index is 0.0409. The molecule has 5 nitrogen and oxygen atoms in total. The second kappa shape index (κ2) is 5.55. The molecule has 6 heteroatoms. The van der Waals surface area contributed by atoms with Crippen LogP contribution in [0.2, 0.25) is 0 Å². The Morgan fingerprint density at radius 3 is 2.68 bits per heavy atom. The number of anilines is 1. The third-order valence-electron chi connectivity index (χ3n) is 6.33. The Balaban J connectivity index is 1.75. The first kappa shape index (κ1) is 17.0. The summed E-state index contributed by atoms with van der Waals surface area (Å²) in [5, 5.41) is 2.84. The molecule has 0 aromatic heterocycles. The Hall–Kier alpha value is -1.40. The fourth-order valence-corrected chi connectivity index (χ4v) is 6.86. The van der Waals surface area contributed by atoms with Crippen LogP contribution in [0.3, 0.4) is 0 Å². The van der Waals surface area contributed by atoms with E-state index in [2.05, 4.69) is 5.32 Å². The second-order valence-electron chi connectivity index (χ2n) is 8.32. The van der Waals surface area contributed by atoms with Crippen molar-refractivity contribution in [3.63, 3.8) is 0 Å². The number of benzene rings is 1. The zero-order valence-electron chi connectivity index (χ0n) is 15.1. The Bertz CT molecular complexity index is 831. The van der Waals surface area contributed by atoms with Crippen LogP contribution in [0.1, 0.15) is 58.4 Å². The van der Waals surface area contributed by atoms with Crippen LogP contribution in [0, 0.1) is 5.92 Å². The van der Waals surface area contributed by atoms with Gasteiger partial charge >= 0.3 is 0 Å². The van der Waals surface area contributed by atoms with Gasteiger partial charge in [0.1, 0.15) is 0 Å². The highest BCUT2D eigenvalue weighted by molar-refractivity contribution is 7.89. The number of sulfonamides is 1. The molecule has 2 aliphatic heterocycles. The average Bonchev–Trinajstić information content (AvgIpc) is 3.01. The lowest BCUT2D eigenvalue weighted by molar-refractivity contribution is -0.119. The van der Waals surface area contributed by atoms with Crippen LogP contribution < -0.4 is 5.32 Å². The lowest BCUT2D eigenvalue weighted by Gasteiger charge is -2.32. The molecule has 2 fully saturated rings. The molecule has 1 saturated carbocycles. The fraction of sp³-hybridized carbons (Fsp3) is 0.632. The van der Waals surface area contributed by atoms with Gasteiger partial charge in [-0.05, 0) is 69.7 Å². The molecule has 1 amide bonds. The first-order chi connectivity index (χ1) is 11.7. The molecule has 4 rings (SSSR count). The van der Waals surface area contributed by atoms with E-state index in [-0.39, 0.29) is 18.0 Å². The molecule has 1 saturated heterocycles. The van der Waals surface area contributed by atoms with E-state index < -0.39 is 15.4 Å². The van der Waals surface area contributed by atoms with Crippen molar-refractivity contribution in [3.05, 3.63) is 23.8 Å². The van der Waals surface area contributed by atoms with Gasteiger partial charge in [0.2, 0.25) is 15.9 Å². The van der Waals surface area contributed by atoms with Crippen LogP contribution in [0.25, 0.3) is 0 Å².